The molecular weight excluding hydrogens is 266 g/mol. The predicted octanol–water partition coefficient (Wildman–Crippen LogP) is 2.70. The SMILES string of the molecule is Cc1cnc(NC2CCCNC2C)c(Br)c1. The number of nitrogens with zero attached hydrogens (tertiary/aromatic N) is 1. The Morgan fingerprint density at radius 2 is 2.38 bits per heavy atom. The molecular formula is C12H18BrN3. The van der Waals surface area contributed by atoms with Gasteiger partial charge in [-0.3, -0.25) is 0 Å². The van der Waals surface area contributed by atoms with Crippen molar-refractivity contribution in [2.24, 2.45) is 0 Å². The molecule has 0 spiro atoms. The molecule has 1 aromatic heterocycles. The minimum absolute atomic E-state index is 0.472. The highest BCUT2D eigenvalue weighted by atomic mass is 79.9. The quantitative estimate of drug-likeness (QED) is 0.876. The summed E-state index contributed by atoms with van der Waals surface area (Å²) in [7, 11) is 0. The number of hydrogen-bond acceptors (Lipinski definition) is 3. The van der Waals surface area contributed by atoms with Crippen molar-refractivity contribution in [2.45, 2.75) is 38.8 Å². The molecule has 2 rings (SSSR count). The van der Waals surface area contributed by atoms with Crippen molar-refractivity contribution in [1.29, 1.82) is 0 Å². The molecule has 1 aromatic rings. The van der Waals surface area contributed by atoms with E-state index in [2.05, 4.69) is 44.5 Å². The molecule has 0 aliphatic carbocycles. The Morgan fingerprint density at radius 3 is 3.06 bits per heavy atom. The van der Waals surface area contributed by atoms with Gasteiger partial charge in [-0.05, 0) is 60.8 Å². The number of halogens is 1. The maximum Gasteiger partial charge on any atom is 0.140 e. The van der Waals surface area contributed by atoms with Crippen LogP contribution in [0.2, 0.25) is 0 Å². The van der Waals surface area contributed by atoms with Gasteiger partial charge in [0.15, 0.2) is 0 Å². The highest BCUT2D eigenvalue weighted by Gasteiger charge is 2.21. The van der Waals surface area contributed by atoms with Gasteiger partial charge >= 0.3 is 0 Å². The molecule has 1 saturated heterocycles. The van der Waals surface area contributed by atoms with E-state index >= 15 is 0 Å². The van der Waals surface area contributed by atoms with Crippen molar-refractivity contribution in [3.05, 3.63) is 22.3 Å². The van der Waals surface area contributed by atoms with E-state index in [0.717, 1.165) is 16.8 Å². The van der Waals surface area contributed by atoms with Crippen LogP contribution in [-0.4, -0.2) is 23.6 Å². The topological polar surface area (TPSA) is 37.0 Å². The summed E-state index contributed by atoms with van der Waals surface area (Å²) in [6.45, 7) is 5.40. The third-order valence-electron chi connectivity index (χ3n) is 3.06. The summed E-state index contributed by atoms with van der Waals surface area (Å²) in [5.74, 6) is 0.950. The van der Waals surface area contributed by atoms with Crippen molar-refractivity contribution in [1.82, 2.24) is 10.3 Å². The molecule has 0 bridgehead atoms. The normalized spacial score (nSPS) is 25.4. The minimum Gasteiger partial charge on any atom is -0.365 e. The second-order valence-electron chi connectivity index (χ2n) is 4.48. The molecule has 88 valence electrons. The smallest absolute Gasteiger partial charge is 0.140 e. The van der Waals surface area contributed by atoms with Gasteiger partial charge < -0.3 is 10.6 Å². The fourth-order valence-corrected chi connectivity index (χ4v) is 2.63. The summed E-state index contributed by atoms with van der Waals surface area (Å²) >= 11 is 3.55. The maximum absolute atomic E-state index is 4.42. The summed E-state index contributed by atoms with van der Waals surface area (Å²) in [6, 6.07) is 3.07. The number of aromatic nitrogens is 1. The second-order valence-corrected chi connectivity index (χ2v) is 5.33. The van der Waals surface area contributed by atoms with E-state index in [4.69, 9.17) is 0 Å². The summed E-state index contributed by atoms with van der Waals surface area (Å²) < 4.78 is 1.05. The molecule has 1 aliphatic heterocycles. The molecule has 2 unspecified atom stereocenters. The fraction of sp³-hybridized carbons (Fsp3) is 0.583. The molecule has 0 saturated carbocycles. The number of pyridine rings is 1. The van der Waals surface area contributed by atoms with E-state index in [1.54, 1.807) is 0 Å². The van der Waals surface area contributed by atoms with Crippen LogP contribution in [0, 0.1) is 6.92 Å². The number of piperidine rings is 1. The molecule has 0 aromatic carbocycles. The van der Waals surface area contributed by atoms with Gasteiger partial charge in [0.25, 0.3) is 0 Å². The fourth-order valence-electron chi connectivity index (χ4n) is 2.06. The standard InChI is InChI=1S/C12H18BrN3/c1-8-6-10(13)12(15-7-8)16-11-4-3-5-14-9(11)2/h6-7,9,11,14H,3-5H2,1-2H3,(H,15,16). The van der Waals surface area contributed by atoms with E-state index in [0.29, 0.717) is 12.1 Å². The van der Waals surface area contributed by atoms with Gasteiger partial charge in [0.05, 0.1) is 4.47 Å². The highest BCUT2D eigenvalue weighted by Crippen LogP contribution is 2.23. The zero-order valence-electron chi connectivity index (χ0n) is 9.76. The van der Waals surface area contributed by atoms with Crippen LogP contribution >= 0.6 is 15.9 Å². The van der Waals surface area contributed by atoms with Crippen LogP contribution in [0.3, 0.4) is 0 Å². The maximum atomic E-state index is 4.42. The first kappa shape index (κ1) is 11.9. The van der Waals surface area contributed by atoms with Gasteiger partial charge in [-0.2, -0.15) is 0 Å². The number of nitrogens with one attached hydrogen (secondary N) is 2. The van der Waals surface area contributed by atoms with Crippen molar-refractivity contribution >= 4 is 21.7 Å². The summed E-state index contributed by atoms with van der Waals surface area (Å²) in [6.07, 6.45) is 4.33. The number of aryl methyl sites for hydroxylation is 1. The Labute approximate surface area is 105 Å². The molecule has 2 heterocycles. The lowest BCUT2D eigenvalue weighted by Gasteiger charge is -2.31. The van der Waals surface area contributed by atoms with E-state index in [1.165, 1.54) is 18.4 Å². The molecule has 0 radical (unpaired) electrons. The van der Waals surface area contributed by atoms with E-state index in [1.807, 2.05) is 13.1 Å². The Hall–Kier alpha value is -0.610. The third kappa shape index (κ3) is 2.74. The summed E-state index contributed by atoms with van der Waals surface area (Å²) in [4.78, 5) is 4.42. The number of anilines is 1. The Balaban J connectivity index is 2.07. The van der Waals surface area contributed by atoms with E-state index in [-0.39, 0.29) is 0 Å². The number of rotatable bonds is 2. The largest absolute Gasteiger partial charge is 0.365 e. The monoisotopic (exact) mass is 283 g/mol. The van der Waals surface area contributed by atoms with Crippen molar-refractivity contribution < 1.29 is 0 Å². The lowest BCUT2D eigenvalue weighted by Crippen LogP contribution is -2.46. The molecule has 2 N–H and O–H groups in total. The first-order valence-corrected chi connectivity index (χ1v) is 6.58. The average molecular weight is 284 g/mol. The van der Waals surface area contributed by atoms with Crippen LogP contribution in [0.15, 0.2) is 16.7 Å². The zero-order valence-corrected chi connectivity index (χ0v) is 11.3. The van der Waals surface area contributed by atoms with Crippen molar-refractivity contribution in [3.63, 3.8) is 0 Å². The van der Waals surface area contributed by atoms with Crippen LogP contribution in [-0.2, 0) is 0 Å². The van der Waals surface area contributed by atoms with Gasteiger partial charge in [0, 0.05) is 18.3 Å². The molecule has 2 atom stereocenters. The molecule has 1 fully saturated rings. The van der Waals surface area contributed by atoms with Gasteiger partial charge in [0.1, 0.15) is 5.82 Å². The van der Waals surface area contributed by atoms with Crippen LogP contribution < -0.4 is 10.6 Å². The average Bonchev–Trinajstić information content (AvgIpc) is 2.25. The summed E-state index contributed by atoms with van der Waals surface area (Å²) in [5, 5.41) is 6.98. The Kier molecular flexibility index (Phi) is 3.82. The first-order chi connectivity index (χ1) is 7.66. The van der Waals surface area contributed by atoms with Crippen LogP contribution in [0.5, 0.6) is 0 Å². The Morgan fingerprint density at radius 1 is 1.56 bits per heavy atom. The van der Waals surface area contributed by atoms with E-state index in [9.17, 15) is 0 Å². The summed E-state index contributed by atoms with van der Waals surface area (Å²) in [5.41, 5.74) is 1.17. The first-order valence-electron chi connectivity index (χ1n) is 5.79. The van der Waals surface area contributed by atoms with Crippen molar-refractivity contribution in [3.8, 4) is 0 Å². The third-order valence-corrected chi connectivity index (χ3v) is 3.67. The van der Waals surface area contributed by atoms with Crippen molar-refractivity contribution in [2.75, 3.05) is 11.9 Å². The van der Waals surface area contributed by atoms with E-state index < -0.39 is 0 Å². The van der Waals surface area contributed by atoms with Gasteiger partial charge in [0.2, 0.25) is 0 Å². The Bertz CT molecular complexity index is 367. The molecule has 3 nitrogen and oxygen atoms in total. The van der Waals surface area contributed by atoms with Gasteiger partial charge in [-0.25, -0.2) is 4.98 Å². The van der Waals surface area contributed by atoms with Gasteiger partial charge in [-0.15, -0.1) is 0 Å². The second kappa shape index (κ2) is 5.15. The molecule has 16 heavy (non-hydrogen) atoms. The lowest BCUT2D eigenvalue weighted by atomic mass is 10.00. The zero-order chi connectivity index (χ0) is 11.5. The van der Waals surface area contributed by atoms with Crippen LogP contribution in [0.4, 0.5) is 5.82 Å². The predicted molar refractivity (Wildman–Crippen MR) is 70.8 cm³/mol. The molecule has 1 aliphatic rings. The highest BCUT2D eigenvalue weighted by molar-refractivity contribution is 9.10. The van der Waals surface area contributed by atoms with Crippen LogP contribution in [0.1, 0.15) is 25.3 Å². The van der Waals surface area contributed by atoms with Gasteiger partial charge in [-0.1, -0.05) is 0 Å². The van der Waals surface area contributed by atoms with Crippen LogP contribution in [0.25, 0.3) is 0 Å². The number of hydrogen-bond donors (Lipinski definition) is 2. The minimum atomic E-state index is 0.472. The molecule has 0 amide bonds. The molecule has 4 heteroatoms. The lowest BCUT2D eigenvalue weighted by molar-refractivity contribution is 0.388.